The summed E-state index contributed by atoms with van der Waals surface area (Å²) in [5.74, 6) is 0.0138. The van der Waals surface area contributed by atoms with E-state index in [9.17, 15) is 13.2 Å². The molecule has 3 rings (SSSR count). The molecule has 2 aromatic carbocycles. The highest BCUT2D eigenvalue weighted by Gasteiger charge is 2.25. The van der Waals surface area contributed by atoms with Crippen LogP contribution in [0.4, 0.5) is 0 Å². The van der Waals surface area contributed by atoms with Gasteiger partial charge in [-0.1, -0.05) is 30.7 Å². The Labute approximate surface area is 207 Å². The molecule has 1 saturated heterocycles. The van der Waals surface area contributed by atoms with Crippen molar-refractivity contribution in [3.63, 3.8) is 0 Å². The maximum absolute atomic E-state index is 13.0. The first-order chi connectivity index (χ1) is 16.8. The average Bonchev–Trinajstić information content (AvgIpc) is 2.86. The normalized spacial score (nSPS) is 14.4. The Hall–Kier alpha value is -2.95. The second-order valence-electron chi connectivity index (χ2n) is 8.44. The summed E-state index contributed by atoms with van der Waals surface area (Å²) in [6.45, 7) is 2.16. The van der Waals surface area contributed by atoms with Crippen molar-refractivity contribution in [1.29, 1.82) is 0 Å². The van der Waals surface area contributed by atoms with Gasteiger partial charge < -0.3 is 20.9 Å². The molecule has 1 heterocycles. The van der Waals surface area contributed by atoms with E-state index in [0.717, 1.165) is 42.4 Å². The van der Waals surface area contributed by atoms with Crippen LogP contribution in [0.2, 0.25) is 0 Å². The molecule has 0 aliphatic carbocycles. The molecule has 1 aliphatic rings. The Morgan fingerprint density at radius 1 is 1.03 bits per heavy atom. The summed E-state index contributed by atoms with van der Waals surface area (Å²) in [7, 11) is -1.86. The van der Waals surface area contributed by atoms with Crippen LogP contribution < -0.4 is 16.2 Å². The number of benzene rings is 2. The van der Waals surface area contributed by atoms with Crippen molar-refractivity contribution in [2.45, 2.75) is 43.4 Å². The van der Waals surface area contributed by atoms with E-state index >= 15 is 0 Å². The molecule has 10 heteroatoms. The number of amides is 1. The van der Waals surface area contributed by atoms with Gasteiger partial charge in [0.2, 0.25) is 15.9 Å². The first-order valence-corrected chi connectivity index (χ1v) is 13.2. The molecule has 190 valence electrons. The predicted molar refractivity (Wildman–Crippen MR) is 136 cm³/mol. The van der Waals surface area contributed by atoms with Crippen LogP contribution >= 0.6 is 0 Å². The largest absolute Gasteiger partial charge is 0.493 e. The van der Waals surface area contributed by atoms with Gasteiger partial charge in [-0.2, -0.15) is 9.30 Å². The van der Waals surface area contributed by atoms with Crippen LogP contribution in [0.25, 0.3) is 11.1 Å². The van der Waals surface area contributed by atoms with Crippen LogP contribution in [0, 0.1) is 0 Å². The summed E-state index contributed by atoms with van der Waals surface area (Å²) in [5, 5.41) is 0. The number of guanidine groups is 1. The molecule has 0 bridgehead atoms. The number of carbonyl (C=O) groups is 1. The minimum atomic E-state index is -3.49. The van der Waals surface area contributed by atoms with Crippen molar-refractivity contribution in [2.75, 3.05) is 33.4 Å². The van der Waals surface area contributed by atoms with Gasteiger partial charge in [0.25, 0.3) is 0 Å². The van der Waals surface area contributed by atoms with Gasteiger partial charge in [-0.25, -0.2) is 8.42 Å². The van der Waals surface area contributed by atoms with E-state index in [1.807, 2.05) is 18.2 Å². The van der Waals surface area contributed by atoms with Crippen molar-refractivity contribution in [1.82, 2.24) is 4.31 Å². The Kier molecular flexibility index (Phi) is 9.64. The highest BCUT2D eigenvalue weighted by Crippen LogP contribution is 2.33. The number of aliphatic imine (C=N–C) groups is 1. The zero-order valence-corrected chi connectivity index (χ0v) is 20.9. The first-order valence-electron chi connectivity index (χ1n) is 11.8. The number of hydrogen-bond acceptors (Lipinski definition) is 5. The summed E-state index contributed by atoms with van der Waals surface area (Å²) in [4.78, 5) is 15.7. The number of ether oxygens (including phenoxy) is 2. The van der Waals surface area contributed by atoms with Crippen LogP contribution in [0.1, 0.15) is 37.7 Å². The summed E-state index contributed by atoms with van der Waals surface area (Å²) in [5.41, 5.74) is 13.1. The number of hydrogen-bond donors (Lipinski definition) is 2. The number of rotatable bonds is 11. The molecular formula is C25H34N4O5S. The van der Waals surface area contributed by atoms with Crippen LogP contribution in [0.3, 0.4) is 0 Å². The number of methoxy groups -OCH3 is 1. The Morgan fingerprint density at radius 2 is 1.74 bits per heavy atom. The summed E-state index contributed by atoms with van der Waals surface area (Å²) in [6, 6.07) is 12.6. The fourth-order valence-corrected chi connectivity index (χ4v) is 5.49. The highest BCUT2D eigenvalue weighted by atomic mass is 32.2. The van der Waals surface area contributed by atoms with Crippen LogP contribution in [0.15, 0.2) is 52.4 Å². The molecule has 0 radical (unpaired) electrons. The fourth-order valence-electron chi connectivity index (χ4n) is 3.98. The second kappa shape index (κ2) is 12.7. The second-order valence-corrected chi connectivity index (χ2v) is 10.4. The summed E-state index contributed by atoms with van der Waals surface area (Å²) < 4.78 is 38.7. The highest BCUT2D eigenvalue weighted by molar-refractivity contribution is 7.89. The lowest BCUT2D eigenvalue weighted by Crippen LogP contribution is -2.35. The number of aryl methyl sites for hydroxylation is 1. The van der Waals surface area contributed by atoms with Crippen molar-refractivity contribution in [2.24, 2.45) is 16.5 Å². The number of nitrogens with two attached hydrogens (primary N) is 2. The van der Waals surface area contributed by atoms with E-state index in [4.69, 9.17) is 20.9 Å². The fraction of sp³-hybridized carbons (Fsp3) is 0.440. The lowest BCUT2D eigenvalue weighted by Gasteiger charge is -2.26. The van der Waals surface area contributed by atoms with Gasteiger partial charge in [0, 0.05) is 45.2 Å². The third-order valence-corrected chi connectivity index (χ3v) is 7.71. The van der Waals surface area contributed by atoms with E-state index in [-0.39, 0.29) is 18.3 Å². The third-order valence-electron chi connectivity index (χ3n) is 5.80. The zero-order valence-electron chi connectivity index (χ0n) is 20.1. The van der Waals surface area contributed by atoms with Gasteiger partial charge >= 0.3 is 0 Å². The molecule has 0 atom stereocenters. The van der Waals surface area contributed by atoms with E-state index < -0.39 is 10.0 Å². The maximum atomic E-state index is 13.0. The number of carbonyl (C=O) groups excluding carboxylic acids is 1. The van der Waals surface area contributed by atoms with E-state index in [2.05, 4.69) is 4.99 Å². The Balaban J connectivity index is 1.81. The van der Waals surface area contributed by atoms with Crippen molar-refractivity contribution in [3.8, 4) is 16.9 Å². The molecule has 0 spiro atoms. The molecule has 4 N–H and O–H groups in total. The average molecular weight is 503 g/mol. The van der Waals surface area contributed by atoms with E-state index in [1.165, 1.54) is 0 Å². The minimum absolute atomic E-state index is 0.170. The molecule has 0 unspecified atom stereocenters. The molecule has 0 aromatic heterocycles. The van der Waals surface area contributed by atoms with Gasteiger partial charge in [0.15, 0.2) is 5.96 Å². The monoisotopic (exact) mass is 502 g/mol. The summed E-state index contributed by atoms with van der Waals surface area (Å²) >= 11 is 0. The van der Waals surface area contributed by atoms with Crippen molar-refractivity contribution >= 4 is 21.9 Å². The van der Waals surface area contributed by atoms with Crippen molar-refractivity contribution in [3.05, 3.63) is 48.0 Å². The number of sulfonamides is 1. The Bertz CT molecular complexity index is 1120. The van der Waals surface area contributed by atoms with Crippen molar-refractivity contribution < 1.29 is 22.7 Å². The Morgan fingerprint density at radius 3 is 2.40 bits per heavy atom. The zero-order chi connectivity index (χ0) is 25.3. The van der Waals surface area contributed by atoms with Crippen LogP contribution in [0.5, 0.6) is 5.75 Å². The SMILES string of the molecule is COCCCOc1cc(CCC(=O)N=C(N)N)ccc1-c1ccc(S(=O)(=O)N2CCCCC2)cc1. The molecular weight excluding hydrogens is 468 g/mol. The molecule has 9 nitrogen and oxygen atoms in total. The topological polar surface area (TPSA) is 137 Å². The van der Waals surface area contributed by atoms with Gasteiger partial charge in [0.1, 0.15) is 5.75 Å². The molecule has 0 saturated carbocycles. The molecule has 1 fully saturated rings. The van der Waals surface area contributed by atoms with Gasteiger partial charge in [-0.05, 0) is 48.6 Å². The van der Waals surface area contributed by atoms with Gasteiger partial charge in [-0.3, -0.25) is 4.79 Å². The lowest BCUT2D eigenvalue weighted by atomic mass is 10.0. The number of nitrogens with zero attached hydrogens (tertiary/aromatic N) is 2. The summed E-state index contributed by atoms with van der Waals surface area (Å²) in [6.07, 6.45) is 4.20. The molecule has 1 amide bonds. The van der Waals surface area contributed by atoms with Gasteiger partial charge in [0.05, 0.1) is 11.5 Å². The van der Waals surface area contributed by atoms with E-state index in [1.54, 1.807) is 35.7 Å². The molecule has 2 aromatic rings. The smallest absolute Gasteiger partial charge is 0.249 e. The molecule has 35 heavy (non-hydrogen) atoms. The predicted octanol–water partition coefficient (Wildman–Crippen LogP) is 2.68. The van der Waals surface area contributed by atoms with Gasteiger partial charge in [-0.15, -0.1) is 0 Å². The lowest BCUT2D eigenvalue weighted by molar-refractivity contribution is -0.117. The van der Waals surface area contributed by atoms with Crippen LogP contribution in [-0.2, 0) is 26.0 Å². The van der Waals surface area contributed by atoms with E-state index in [0.29, 0.717) is 43.4 Å². The van der Waals surface area contributed by atoms with Crippen LogP contribution in [-0.4, -0.2) is 58.0 Å². The quantitative estimate of drug-likeness (QED) is 0.274. The first kappa shape index (κ1) is 26.7. The standard InChI is InChI=1S/C25H34N4O5S/c1-33-16-5-17-34-23-18-19(7-13-24(30)28-25(26)27)6-12-22(23)20-8-10-21(11-9-20)35(31,32)29-14-3-2-4-15-29/h6,8-12,18H,2-5,7,13-17H2,1H3,(H4,26,27,28,30). The maximum Gasteiger partial charge on any atom is 0.249 e. The molecule has 1 aliphatic heterocycles. The third kappa shape index (κ3) is 7.51. The number of piperidine rings is 1. The minimum Gasteiger partial charge on any atom is -0.493 e.